The van der Waals surface area contributed by atoms with Crippen LogP contribution in [0.5, 0.6) is 0 Å². The molecule has 39 heavy (non-hydrogen) atoms. The van der Waals surface area contributed by atoms with Crippen molar-refractivity contribution in [2.45, 2.75) is 51.1 Å². The van der Waals surface area contributed by atoms with Gasteiger partial charge in [0.1, 0.15) is 5.82 Å². The minimum atomic E-state index is -0.378. The number of nitrogens with one attached hydrogen (secondary N) is 1. The molecule has 0 saturated heterocycles. The van der Waals surface area contributed by atoms with E-state index in [1.807, 2.05) is 28.8 Å². The van der Waals surface area contributed by atoms with E-state index in [1.54, 1.807) is 10.6 Å². The molecule has 0 unspecified atom stereocenters. The molecule has 0 bridgehead atoms. The number of benzene rings is 2. The van der Waals surface area contributed by atoms with Crippen molar-refractivity contribution in [3.05, 3.63) is 93.4 Å². The standard InChI is InChI=1S/C29H30N8O2/c1-3-17-36-27-24(28(38)35(2)29(36)39)37(26(30-27)21-9-5-4-6-10-21)18-19-13-15-20(16-14-19)22-11-7-8-12-23(22)25-31-33-34-32-25/h3,7-8,11-16,21H,1,4-6,9-10,17-18H2,2H3,(H,31,32,33,34). The maximum Gasteiger partial charge on any atom is 0.332 e. The van der Waals surface area contributed by atoms with E-state index in [-0.39, 0.29) is 17.2 Å². The fourth-order valence-electron chi connectivity index (χ4n) is 5.69. The first-order valence-corrected chi connectivity index (χ1v) is 13.3. The minimum Gasteiger partial charge on any atom is -0.317 e. The van der Waals surface area contributed by atoms with Crippen molar-refractivity contribution in [3.8, 4) is 22.5 Å². The number of nitrogens with zero attached hydrogens (tertiary/aromatic N) is 7. The quantitative estimate of drug-likeness (QED) is 0.323. The van der Waals surface area contributed by atoms with E-state index >= 15 is 0 Å². The number of fused-ring (bicyclic) bond motifs is 1. The van der Waals surface area contributed by atoms with Crippen molar-refractivity contribution >= 4 is 11.2 Å². The van der Waals surface area contributed by atoms with E-state index < -0.39 is 0 Å². The summed E-state index contributed by atoms with van der Waals surface area (Å²) in [4.78, 5) is 31.4. The Morgan fingerprint density at radius 1 is 1.00 bits per heavy atom. The van der Waals surface area contributed by atoms with Gasteiger partial charge in [0, 0.05) is 31.6 Å². The van der Waals surface area contributed by atoms with Gasteiger partial charge in [-0.25, -0.2) is 14.9 Å². The van der Waals surface area contributed by atoms with E-state index in [9.17, 15) is 9.59 Å². The molecular weight excluding hydrogens is 492 g/mol. The first kappa shape index (κ1) is 24.7. The molecule has 2 aromatic carbocycles. The predicted octanol–water partition coefficient (Wildman–Crippen LogP) is 4.03. The monoisotopic (exact) mass is 522 g/mol. The fourth-order valence-corrected chi connectivity index (χ4v) is 5.69. The zero-order valence-corrected chi connectivity index (χ0v) is 21.9. The van der Waals surface area contributed by atoms with E-state index in [0.29, 0.717) is 30.1 Å². The molecule has 10 heteroatoms. The number of hydrogen-bond donors (Lipinski definition) is 1. The van der Waals surface area contributed by atoms with Gasteiger partial charge in [-0.05, 0) is 40.0 Å². The molecule has 1 aliphatic carbocycles. The van der Waals surface area contributed by atoms with Crippen molar-refractivity contribution in [1.82, 2.24) is 39.3 Å². The Morgan fingerprint density at radius 3 is 2.44 bits per heavy atom. The van der Waals surface area contributed by atoms with Crippen LogP contribution in [0.1, 0.15) is 49.4 Å². The molecule has 3 aromatic heterocycles. The predicted molar refractivity (Wildman–Crippen MR) is 149 cm³/mol. The lowest BCUT2D eigenvalue weighted by molar-refractivity contribution is 0.420. The average Bonchev–Trinajstić information content (AvgIpc) is 3.64. The van der Waals surface area contributed by atoms with Crippen LogP contribution in [0.15, 0.2) is 70.8 Å². The average molecular weight is 523 g/mol. The number of aromatic nitrogens is 8. The zero-order valence-electron chi connectivity index (χ0n) is 21.9. The molecule has 1 saturated carbocycles. The zero-order chi connectivity index (χ0) is 26.9. The molecule has 1 N–H and O–H groups in total. The Morgan fingerprint density at radius 2 is 1.74 bits per heavy atom. The third-order valence-corrected chi connectivity index (χ3v) is 7.67. The Kier molecular flexibility index (Phi) is 6.52. The van der Waals surface area contributed by atoms with Crippen LogP contribution in [0, 0.1) is 0 Å². The largest absolute Gasteiger partial charge is 0.332 e. The van der Waals surface area contributed by atoms with Gasteiger partial charge in [-0.3, -0.25) is 13.9 Å². The first-order chi connectivity index (χ1) is 19.1. The maximum atomic E-state index is 13.4. The third kappa shape index (κ3) is 4.41. The van der Waals surface area contributed by atoms with E-state index in [1.165, 1.54) is 18.0 Å². The summed E-state index contributed by atoms with van der Waals surface area (Å²) in [5.74, 6) is 1.75. The topological polar surface area (TPSA) is 116 Å². The van der Waals surface area contributed by atoms with Crippen LogP contribution in [0.2, 0.25) is 0 Å². The van der Waals surface area contributed by atoms with Crippen LogP contribution in [0.4, 0.5) is 0 Å². The summed E-state index contributed by atoms with van der Waals surface area (Å²) < 4.78 is 4.76. The lowest BCUT2D eigenvalue weighted by atomic mass is 9.88. The van der Waals surface area contributed by atoms with Gasteiger partial charge in [0.15, 0.2) is 17.0 Å². The molecule has 10 nitrogen and oxygen atoms in total. The summed E-state index contributed by atoms with van der Waals surface area (Å²) in [7, 11) is 1.53. The Labute approximate surface area is 224 Å². The van der Waals surface area contributed by atoms with Crippen LogP contribution in [0.25, 0.3) is 33.7 Å². The molecule has 198 valence electrons. The number of aromatic amines is 1. The first-order valence-electron chi connectivity index (χ1n) is 13.3. The van der Waals surface area contributed by atoms with Gasteiger partial charge in [-0.1, -0.05) is 73.9 Å². The second-order valence-corrected chi connectivity index (χ2v) is 10.1. The lowest BCUT2D eigenvalue weighted by Gasteiger charge is -2.22. The summed E-state index contributed by atoms with van der Waals surface area (Å²) in [5, 5.41) is 14.3. The summed E-state index contributed by atoms with van der Waals surface area (Å²) in [5.41, 5.74) is 4.21. The molecule has 6 rings (SSSR count). The molecule has 1 aliphatic rings. The van der Waals surface area contributed by atoms with Gasteiger partial charge in [-0.15, -0.1) is 11.7 Å². The van der Waals surface area contributed by atoms with Gasteiger partial charge in [0.05, 0.1) is 0 Å². The van der Waals surface area contributed by atoms with Gasteiger partial charge in [0.25, 0.3) is 5.56 Å². The minimum absolute atomic E-state index is 0.254. The number of H-pyrrole nitrogens is 1. The molecule has 0 atom stereocenters. The van der Waals surface area contributed by atoms with Crippen molar-refractivity contribution < 1.29 is 0 Å². The molecule has 5 aromatic rings. The van der Waals surface area contributed by atoms with Crippen molar-refractivity contribution in [2.75, 3.05) is 0 Å². The van der Waals surface area contributed by atoms with Crippen LogP contribution in [-0.4, -0.2) is 39.3 Å². The molecule has 0 spiro atoms. The number of rotatable bonds is 7. The maximum absolute atomic E-state index is 13.4. The van der Waals surface area contributed by atoms with Crippen molar-refractivity contribution in [3.63, 3.8) is 0 Å². The lowest BCUT2D eigenvalue weighted by Crippen LogP contribution is -2.38. The van der Waals surface area contributed by atoms with Gasteiger partial charge >= 0.3 is 5.69 Å². The Hall–Kier alpha value is -4.60. The highest BCUT2D eigenvalue weighted by atomic mass is 16.2. The normalized spacial score (nSPS) is 14.2. The van der Waals surface area contributed by atoms with Gasteiger partial charge in [0.2, 0.25) is 0 Å². The highest BCUT2D eigenvalue weighted by molar-refractivity contribution is 5.80. The second kappa shape index (κ2) is 10.3. The molecular formula is C29H30N8O2. The van der Waals surface area contributed by atoms with E-state index in [0.717, 1.165) is 53.8 Å². The highest BCUT2D eigenvalue weighted by Gasteiger charge is 2.26. The van der Waals surface area contributed by atoms with Crippen LogP contribution >= 0.6 is 0 Å². The molecule has 0 radical (unpaired) electrons. The molecule has 0 amide bonds. The summed E-state index contributed by atoms with van der Waals surface area (Å²) in [6.45, 7) is 4.58. The Bertz CT molecular complexity index is 1750. The number of allylic oxidation sites excluding steroid dienone is 1. The highest BCUT2D eigenvalue weighted by Crippen LogP contribution is 2.34. The molecule has 1 fully saturated rings. The fraction of sp³-hybridized carbons (Fsp3) is 0.310. The number of tetrazole rings is 1. The summed E-state index contributed by atoms with van der Waals surface area (Å²) in [6.07, 6.45) is 7.21. The summed E-state index contributed by atoms with van der Waals surface area (Å²) in [6, 6.07) is 16.3. The van der Waals surface area contributed by atoms with E-state index in [4.69, 9.17) is 4.98 Å². The summed E-state index contributed by atoms with van der Waals surface area (Å²) >= 11 is 0. The number of hydrogen-bond acceptors (Lipinski definition) is 6. The van der Waals surface area contributed by atoms with Crippen LogP contribution < -0.4 is 11.2 Å². The molecule has 3 heterocycles. The van der Waals surface area contributed by atoms with Gasteiger partial charge in [-0.2, -0.15) is 0 Å². The smallest absolute Gasteiger partial charge is 0.317 e. The van der Waals surface area contributed by atoms with Crippen molar-refractivity contribution in [2.24, 2.45) is 7.05 Å². The van der Waals surface area contributed by atoms with Crippen molar-refractivity contribution in [1.29, 1.82) is 0 Å². The third-order valence-electron chi connectivity index (χ3n) is 7.67. The van der Waals surface area contributed by atoms with Gasteiger partial charge < -0.3 is 4.57 Å². The Balaban J connectivity index is 1.44. The van der Waals surface area contributed by atoms with E-state index in [2.05, 4.69) is 51.5 Å². The molecule has 0 aliphatic heterocycles. The number of imidazole rings is 1. The van der Waals surface area contributed by atoms with Crippen LogP contribution in [-0.2, 0) is 20.1 Å². The van der Waals surface area contributed by atoms with Crippen LogP contribution in [0.3, 0.4) is 0 Å². The SMILES string of the molecule is C=CCn1c(=O)n(C)c(=O)c2c1nc(C1CCCCC1)n2Cc1ccc(-c2ccccc2-c2nnn[nH]2)cc1. The second-order valence-electron chi connectivity index (χ2n) is 10.1.